The van der Waals surface area contributed by atoms with E-state index in [0.29, 0.717) is 5.56 Å². The van der Waals surface area contributed by atoms with Gasteiger partial charge in [0, 0.05) is 17.8 Å². The topological polar surface area (TPSA) is 45.6 Å². The molecule has 2 amide bonds. The van der Waals surface area contributed by atoms with Crippen molar-refractivity contribution in [2.45, 2.75) is 65.0 Å². The highest BCUT2D eigenvalue weighted by molar-refractivity contribution is 6.02. The fourth-order valence-electron chi connectivity index (χ4n) is 5.67. The Labute approximate surface area is 242 Å². The largest absolute Gasteiger partial charge is 0.327 e. The van der Waals surface area contributed by atoms with Crippen LogP contribution in [-0.4, -0.2) is 33.9 Å². The average molecular weight is 552 g/mol. The number of para-hydroxylation sites is 2. The van der Waals surface area contributed by atoms with Gasteiger partial charge in [-0.25, -0.2) is 4.39 Å². The van der Waals surface area contributed by atoms with Crippen LogP contribution in [0.25, 0.3) is 5.69 Å². The zero-order valence-corrected chi connectivity index (χ0v) is 24.1. The first-order valence-corrected chi connectivity index (χ1v) is 14.6. The van der Waals surface area contributed by atoms with Crippen molar-refractivity contribution in [3.05, 3.63) is 119 Å². The number of halogens is 1. The minimum Gasteiger partial charge on any atom is -0.327 e. The number of unbranched alkanes of at least 4 members (excludes halogenated alkanes) is 3. The summed E-state index contributed by atoms with van der Waals surface area (Å²) in [5, 5.41) is 0. The first-order chi connectivity index (χ1) is 19.9. The van der Waals surface area contributed by atoms with Gasteiger partial charge in [-0.3, -0.25) is 14.5 Å². The predicted octanol–water partition coefficient (Wildman–Crippen LogP) is 7.73. The Bertz CT molecular complexity index is 1490. The molecule has 1 aliphatic rings. The number of aromatic nitrogens is 1. The number of benzene rings is 3. The molecule has 0 saturated heterocycles. The molecule has 5 nitrogen and oxygen atoms in total. The molecular weight excluding hydrogens is 513 g/mol. The van der Waals surface area contributed by atoms with Crippen LogP contribution >= 0.6 is 0 Å². The van der Waals surface area contributed by atoms with Crippen LogP contribution in [0, 0.1) is 5.82 Å². The minimum absolute atomic E-state index is 0.0813. The lowest BCUT2D eigenvalue weighted by molar-refractivity contribution is -0.120. The van der Waals surface area contributed by atoms with Crippen molar-refractivity contribution in [2.75, 3.05) is 11.4 Å². The molecule has 41 heavy (non-hydrogen) atoms. The molecule has 1 aromatic heterocycles. The van der Waals surface area contributed by atoms with Gasteiger partial charge < -0.3 is 9.47 Å². The summed E-state index contributed by atoms with van der Waals surface area (Å²) in [5.41, 5.74) is 5.13. The Hall–Kier alpha value is -4.19. The standard InChI is InChI=1S/C35H38FN3O2/c1-4-5-6-7-11-26-15-17-28(18-16-26)35(41)38(25(2)3)24-33(40)39-31-13-9-8-12-30(31)37-23-10-14-32(37)34(39)27-19-21-29(36)22-20-27/h8-10,12-23,25,34H,4-7,11,24H2,1-3H3. The van der Waals surface area contributed by atoms with Gasteiger partial charge in [-0.2, -0.15) is 0 Å². The summed E-state index contributed by atoms with van der Waals surface area (Å²) in [6.45, 7) is 5.98. The van der Waals surface area contributed by atoms with Gasteiger partial charge in [-0.1, -0.05) is 62.6 Å². The van der Waals surface area contributed by atoms with Gasteiger partial charge in [0.05, 0.1) is 17.1 Å². The van der Waals surface area contributed by atoms with Gasteiger partial charge in [-0.15, -0.1) is 0 Å². The smallest absolute Gasteiger partial charge is 0.254 e. The lowest BCUT2D eigenvalue weighted by Gasteiger charge is -2.40. The number of aryl methyl sites for hydroxylation is 1. The molecule has 0 radical (unpaired) electrons. The van der Waals surface area contributed by atoms with Crippen LogP contribution in [0.5, 0.6) is 0 Å². The van der Waals surface area contributed by atoms with Crippen molar-refractivity contribution in [1.82, 2.24) is 9.47 Å². The monoisotopic (exact) mass is 551 g/mol. The normalized spacial score (nSPS) is 14.1. The van der Waals surface area contributed by atoms with Crippen LogP contribution in [-0.2, 0) is 11.2 Å². The van der Waals surface area contributed by atoms with Crippen LogP contribution in [0.4, 0.5) is 10.1 Å². The van der Waals surface area contributed by atoms with E-state index < -0.39 is 6.04 Å². The number of carbonyl (C=O) groups is 2. The second kappa shape index (κ2) is 12.5. The summed E-state index contributed by atoms with van der Waals surface area (Å²) in [7, 11) is 0. The first kappa shape index (κ1) is 28.3. The number of hydrogen-bond donors (Lipinski definition) is 0. The lowest BCUT2D eigenvalue weighted by atomic mass is 9.97. The predicted molar refractivity (Wildman–Crippen MR) is 162 cm³/mol. The number of carbonyl (C=O) groups excluding carboxylic acids is 2. The van der Waals surface area contributed by atoms with E-state index in [4.69, 9.17) is 0 Å². The molecule has 0 bridgehead atoms. The summed E-state index contributed by atoms with van der Waals surface area (Å²) < 4.78 is 16.0. The number of anilines is 1. The van der Waals surface area contributed by atoms with Gasteiger partial charge in [0.2, 0.25) is 5.91 Å². The maximum atomic E-state index is 14.3. The fraction of sp³-hybridized carbons (Fsp3) is 0.314. The van der Waals surface area contributed by atoms with E-state index in [9.17, 15) is 14.0 Å². The van der Waals surface area contributed by atoms with Gasteiger partial charge in [0.15, 0.2) is 0 Å². The second-order valence-corrected chi connectivity index (χ2v) is 11.0. The molecule has 4 aromatic rings. The van der Waals surface area contributed by atoms with Gasteiger partial charge in [-0.05, 0) is 86.3 Å². The SMILES string of the molecule is CCCCCCc1ccc(C(=O)N(CC(=O)N2c3ccccc3-n3cccc3C2c2ccc(F)cc2)C(C)C)cc1. The van der Waals surface area contributed by atoms with E-state index in [2.05, 4.69) is 11.5 Å². The fourth-order valence-corrected chi connectivity index (χ4v) is 5.67. The van der Waals surface area contributed by atoms with Crippen molar-refractivity contribution < 1.29 is 14.0 Å². The molecule has 3 aromatic carbocycles. The van der Waals surface area contributed by atoms with Gasteiger partial charge in [0.1, 0.15) is 18.4 Å². The molecule has 0 fully saturated rings. The van der Waals surface area contributed by atoms with E-state index in [1.54, 1.807) is 21.9 Å². The molecule has 0 aliphatic carbocycles. The molecule has 1 aliphatic heterocycles. The van der Waals surface area contributed by atoms with E-state index in [1.807, 2.05) is 80.7 Å². The highest BCUT2D eigenvalue weighted by Gasteiger charge is 2.37. The summed E-state index contributed by atoms with van der Waals surface area (Å²) >= 11 is 0. The average Bonchev–Trinajstić information content (AvgIpc) is 3.48. The number of nitrogens with zero attached hydrogens (tertiary/aromatic N) is 3. The van der Waals surface area contributed by atoms with E-state index in [1.165, 1.54) is 37.0 Å². The number of fused-ring (bicyclic) bond motifs is 3. The third-order valence-electron chi connectivity index (χ3n) is 7.88. The number of amides is 2. The summed E-state index contributed by atoms with van der Waals surface area (Å²) in [6.07, 6.45) is 7.78. The molecule has 2 heterocycles. The van der Waals surface area contributed by atoms with Gasteiger partial charge in [0.25, 0.3) is 5.91 Å². The van der Waals surface area contributed by atoms with Crippen LogP contribution in [0.1, 0.15) is 79.7 Å². The molecule has 1 atom stereocenters. The number of rotatable bonds is 10. The maximum Gasteiger partial charge on any atom is 0.254 e. The molecule has 212 valence electrons. The van der Waals surface area contributed by atoms with Crippen molar-refractivity contribution in [3.8, 4) is 5.69 Å². The zero-order chi connectivity index (χ0) is 28.9. The van der Waals surface area contributed by atoms with Crippen molar-refractivity contribution in [1.29, 1.82) is 0 Å². The molecule has 0 saturated carbocycles. The van der Waals surface area contributed by atoms with Crippen LogP contribution < -0.4 is 4.90 Å². The van der Waals surface area contributed by atoms with E-state index >= 15 is 0 Å². The van der Waals surface area contributed by atoms with E-state index in [0.717, 1.165) is 35.5 Å². The first-order valence-electron chi connectivity index (χ1n) is 14.6. The van der Waals surface area contributed by atoms with Crippen molar-refractivity contribution >= 4 is 17.5 Å². The highest BCUT2D eigenvalue weighted by atomic mass is 19.1. The Morgan fingerprint density at radius 2 is 1.56 bits per heavy atom. The van der Waals surface area contributed by atoms with Crippen LogP contribution in [0.2, 0.25) is 0 Å². The quantitative estimate of drug-likeness (QED) is 0.189. The molecule has 0 spiro atoms. The minimum atomic E-state index is -0.468. The summed E-state index contributed by atoms with van der Waals surface area (Å²) in [4.78, 5) is 31.4. The maximum absolute atomic E-state index is 14.3. The molecule has 6 heteroatoms. The summed E-state index contributed by atoms with van der Waals surface area (Å²) in [6, 6.07) is 25.1. The lowest BCUT2D eigenvalue weighted by Crippen LogP contribution is -2.48. The van der Waals surface area contributed by atoms with E-state index in [-0.39, 0.29) is 30.2 Å². The van der Waals surface area contributed by atoms with Crippen molar-refractivity contribution in [2.24, 2.45) is 0 Å². The third kappa shape index (κ3) is 5.97. The Morgan fingerprint density at radius 1 is 0.854 bits per heavy atom. The zero-order valence-electron chi connectivity index (χ0n) is 24.1. The molecular formula is C35H38FN3O2. The van der Waals surface area contributed by atoms with Crippen molar-refractivity contribution in [3.63, 3.8) is 0 Å². The molecule has 1 unspecified atom stereocenters. The van der Waals surface area contributed by atoms with Crippen LogP contribution in [0.3, 0.4) is 0 Å². The van der Waals surface area contributed by atoms with Gasteiger partial charge >= 0.3 is 0 Å². The number of hydrogen-bond acceptors (Lipinski definition) is 2. The Balaban J connectivity index is 1.43. The Morgan fingerprint density at radius 3 is 2.24 bits per heavy atom. The third-order valence-corrected chi connectivity index (χ3v) is 7.88. The Kier molecular flexibility index (Phi) is 8.67. The highest BCUT2D eigenvalue weighted by Crippen LogP contribution is 2.42. The molecule has 0 N–H and O–H groups in total. The van der Waals surface area contributed by atoms with Crippen LogP contribution in [0.15, 0.2) is 91.1 Å². The molecule has 5 rings (SSSR count). The summed E-state index contributed by atoms with van der Waals surface area (Å²) in [5.74, 6) is -0.700. The second-order valence-electron chi connectivity index (χ2n) is 11.0.